The van der Waals surface area contributed by atoms with Gasteiger partial charge in [0, 0.05) is 25.5 Å². The third-order valence-electron chi connectivity index (χ3n) is 7.21. The van der Waals surface area contributed by atoms with Crippen LogP contribution in [-0.2, 0) is 4.74 Å². The van der Waals surface area contributed by atoms with Gasteiger partial charge in [-0.3, -0.25) is 9.48 Å². The molecule has 2 aliphatic rings. The summed E-state index contributed by atoms with van der Waals surface area (Å²) >= 11 is 0. The number of aromatic nitrogens is 5. The van der Waals surface area contributed by atoms with Gasteiger partial charge < -0.3 is 15.0 Å². The summed E-state index contributed by atoms with van der Waals surface area (Å²) in [6.07, 6.45) is 5.67. The Morgan fingerprint density at radius 3 is 2.60 bits per heavy atom. The van der Waals surface area contributed by atoms with Crippen molar-refractivity contribution in [2.24, 2.45) is 11.8 Å². The predicted octanol–water partition coefficient (Wildman–Crippen LogP) is 4.34. The Bertz CT molecular complexity index is 1180. The SMILES string of the molecule is CC(C)[C@H]1CC[C@H](n2cc(C(=O)Nc3cnn4ccc(N5CCOCC5)nc34)c(C(F)F)n2)CC1. The Hall–Kier alpha value is -3.08. The lowest BCUT2D eigenvalue weighted by molar-refractivity contribution is 0.101. The highest BCUT2D eigenvalue weighted by molar-refractivity contribution is 6.06. The largest absolute Gasteiger partial charge is 0.378 e. The number of carbonyl (C=O) groups excluding carboxylic acids is 1. The first-order chi connectivity index (χ1) is 16.9. The summed E-state index contributed by atoms with van der Waals surface area (Å²) in [5, 5.41) is 11.1. The Morgan fingerprint density at radius 1 is 1.17 bits per heavy atom. The summed E-state index contributed by atoms with van der Waals surface area (Å²) in [5.74, 6) is 1.35. The molecule has 0 bridgehead atoms. The summed E-state index contributed by atoms with van der Waals surface area (Å²) in [6.45, 7) is 7.11. The number of morpholine rings is 1. The molecule has 3 aromatic rings. The first-order valence-electron chi connectivity index (χ1n) is 12.3. The van der Waals surface area contributed by atoms with Gasteiger partial charge >= 0.3 is 0 Å². The average Bonchev–Trinajstić information content (AvgIpc) is 3.49. The van der Waals surface area contributed by atoms with Crippen molar-refractivity contribution < 1.29 is 18.3 Å². The van der Waals surface area contributed by atoms with Gasteiger partial charge in [0.05, 0.1) is 31.0 Å². The van der Waals surface area contributed by atoms with Crippen LogP contribution in [0.2, 0.25) is 0 Å². The molecule has 0 unspecified atom stereocenters. The smallest absolute Gasteiger partial charge is 0.282 e. The quantitative estimate of drug-likeness (QED) is 0.556. The van der Waals surface area contributed by atoms with E-state index in [0.717, 1.165) is 44.6 Å². The molecule has 1 N–H and O–H groups in total. The van der Waals surface area contributed by atoms with Gasteiger partial charge in [-0.25, -0.2) is 18.3 Å². The summed E-state index contributed by atoms with van der Waals surface area (Å²) in [6, 6.07) is 1.88. The molecular weight excluding hydrogens is 456 g/mol. The Morgan fingerprint density at radius 2 is 1.91 bits per heavy atom. The third kappa shape index (κ3) is 4.86. The number of nitrogens with zero attached hydrogens (tertiary/aromatic N) is 6. The molecule has 0 spiro atoms. The lowest BCUT2D eigenvalue weighted by Gasteiger charge is -2.30. The van der Waals surface area contributed by atoms with Crippen LogP contribution in [0.25, 0.3) is 5.65 Å². The third-order valence-corrected chi connectivity index (χ3v) is 7.21. The van der Waals surface area contributed by atoms with Crippen LogP contribution in [0.1, 0.15) is 68.0 Å². The molecule has 188 valence electrons. The van der Waals surface area contributed by atoms with E-state index in [-0.39, 0.29) is 11.6 Å². The van der Waals surface area contributed by atoms with Crippen molar-refractivity contribution in [3.8, 4) is 0 Å². The van der Waals surface area contributed by atoms with Crippen molar-refractivity contribution in [3.05, 3.63) is 35.9 Å². The van der Waals surface area contributed by atoms with Crippen molar-refractivity contribution in [2.75, 3.05) is 36.5 Å². The number of fused-ring (bicyclic) bond motifs is 1. The summed E-state index contributed by atoms with van der Waals surface area (Å²) in [5.41, 5.74) is 0.192. The van der Waals surface area contributed by atoms with Crippen LogP contribution in [0.5, 0.6) is 0 Å². The predicted molar refractivity (Wildman–Crippen MR) is 127 cm³/mol. The van der Waals surface area contributed by atoms with Crippen molar-refractivity contribution in [3.63, 3.8) is 0 Å². The van der Waals surface area contributed by atoms with E-state index in [1.54, 1.807) is 15.4 Å². The molecule has 35 heavy (non-hydrogen) atoms. The highest BCUT2D eigenvalue weighted by Gasteiger charge is 2.29. The van der Waals surface area contributed by atoms with E-state index >= 15 is 0 Å². The van der Waals surface area contributed by atoms with E-state index in [1.165, 1.54) is 12.4 Å². The van der Waals surface area contributed by atoms with Crippen molar-refractivity contribution >= 4 is 23.1 Å². The molecule has 1 amide bonds. The van der Waals surface area contributed by atoms with Gasteiger partial charge in [-0.05, 0) is 43.6 Å². The molecule has 9 nitrogen and oxygen atoms in total. The van der Waals surface area contributed by atoms with Crippen LogP contribution in [-0.4, -0.2) is 56.6 Å². The van der Waals surface area contributed by atoms with Crippen LogP contribution in [0.15, 0.2) is 24.7 Å². The lowest BCUT2D eigenvalue weighted by Crippen LogP contribution is -2.36. The molecule has 5 rings (SSSR count). The fourth-order valence-electron chi connectivity index (χ4n) is 5.07. The number of rotatable bonds is 6. The van der Waals surface area contributed by atoms with E-state index < -0.39 is 18.0 Å². The van der Waals surface area contributed by atoms with Crippen LogP contribution >= 0.6 is 0 Å². The van der Waals surface area contributed by atoms with Gasteiger partial charge in [0.25, 0.3) is 12.3 Å². The van der Waals surface area contributed by atoms with E-state index in [4.69, 9.17) is 4.74 Å². The minimum Gasteiger partial charge on any atom is -0.378 e. The van der Waals surface area contributed by atoms with Gasteiger partial charge in [0.1, 0.15) is 17.2 Å². The number of hydrogen-bond acceptors (Lipinski definition) is 6. The van der Waals surface area contributed by atoms with E-state index in [0.29, 0.717) is 36.4 Å². The molecule has 2 fully saturated rings. The molecule has 3 aromatic heterocycles. The zero-order chi connectivity index (χ0) is 24.5. The van der Waals surface area contributed by atoms with E-state index in [9.17, 15) is 13.6 Å². The molecule has 11 heteroatoms. The minimum atomic E-state index is -2.85. The Balaban J connectivity index is 1.36. The monoisotopic (exact) mass is 487 g/mol. The van der Waals surface area contributed by atoms with E-state index in [1.807, 2.05) is 6.07 Å². The van der Waals surface area contributed by atoms with Gasteiger partial charge in [-0.15, -0.1) is 0 Å². The van der Waals surface area contributed by atoms with Crippen LogP contribution in [0.3, 0.4) is 0 Å². The van der Waals surface area contributed by atoms with Crippen LogP contribution < -0.4 is 10.2 Å². The maximum atomic E-state index is 13.8. The normalized spacial score (nSPS) is 21.3. The number of ether oxygens (including phenoxy) is 1. The molecule has 1 saturated carbocycles. The summed E-state index contributed by atoms with van der Waals surface area (Å²) in [7, 11) is 0. The number of alkyl halides is 2. The summed E-state index contributed by atoms with van der Waals surface area (Å²) < 4.78 is 36.2. The van der Waals surface area contributed by atoms with Crippen LogP contribution in [0.4, 0.5) is 20.3 Å². The van der Waals surface area contributed by atoms with Gasteiger partial charge in [0.15, 0.2) is 5.65 Å². The molecule has 1 aliphatic heterocycles. The maximum absolute atomic E-state index is 13.8. The van der Waals surface area contributed by atoms with Crippen molar-refractivity contribution in [2.45, 2.75) is 52.0 Å². The second-order valence-electron chi connectivity index (χ2n) is 9.69. The number of nitrogens with one attached hydrogen (secondary N) is 1. The minimum absolute atomic E-state index is 0.0266. The summed E-state index contributed by atoms with van der Waals surface area (Å²) in [4.78, 5) is 19.9. The van der Waals surface area contributed by atoms with Gasteiger partial charge in [-0.1, -0.05) is 13.8 Å². The van der Waals surface area contributed by atoms with Crippen LogP contribution in [0, 0.1) is 11.8 Å². The molecule has 0 atom stereocenters. The average molecular weight is 488 g/mol. The van der Waals surface area contributed by atoms with Gasteiger partial charge in [-0.2, -0.15) is 10.2 Å². The first-order valence-corrected chi connectivity index (χ1v) is 12.3. The fraction of sp³-hybridized carbons (Fsp3) is 0.583. The van der Waals surface area contributed by atoms with E-state index in [2.05, 4.69) is 39.2 Å². The number of amides is 1. The molecule has 4 heterocycles. The highest BCUT2D eigenvalue weighted by Crippen LogP contribution is 2.36. The topological polar surface area (TPSA) is 89.6 Å². The van der Waals surface area contributed by atoms with Crippen molar-refractivity contribution in [1.29, 1.82) is 0 Å². The Labute approximate surface area is 202 Å². The molecule has 1 aliphatic carbocycles. The number of hydrogen-bond donors (Lipinski definition) is 1. The van der Waals surface area contributed by atoms with Gasteiger partial charge in [0.2, 0.25) is 0 Å². The standard InChI is InChI=1S/C24H31F2N7O2/c1-15(2)16-3-5-17(6-4-16)33-14-18(21(30-33)22(25)26)24(34)28-19-13-27-32-8-7-20(29-23(19)32)31-9-11-35-12-10-31/h7-8,13-17,22H,3-6,9-12H2,1-2H3,(H,28,34)/t16-,17-. The highest BCUT2D eigenvalue weighted by atomic mass is 19.3. The molecule has 0 radical (unpaired) electrons. The number of carbonyl (C=O) groups is 1. The van der Waals surface area contributed by atoms with Crippen molar-refractivity contribution in [1.82, 2.24) is 24.4 Å². The number of anilines is 2. The first kappa shape index (κ1) is 23.7. The zero-order valence-corrected chi connectivity index (χ0v) is 20.0. The maximum Gasteiger partial charge on any atom is 0.282 e. The lowest BCUT2D eigenvalue weighted by atomic mass is 9.80. The molecule has 0 aromatic carbocycles. The second-order valence-corrected chi connectivity index (χ2v) is 9.69. The second kappa shape index (κ2) is 9.88. The fourth-order valence-corrected chi connectivity index (χ4v) is 5.07. The molecule has 1 saturated heterocycles. The molecular formula is C24H31F2N7O2. The Kier molecular flexibility index (Phi) is 6.68. The number of halogens is 2. The zero-order valence-electron chi connectivity index (χ0n) is 20.0.